The maximum Gasteiger partial charge on any atom is 0.263 e. The van der Waals surface area contributed by atoms with Gasteiger partial charge in [-0.15, -0.1) is 11.3 Å². The van der Waals surface area contributed by atoms with E-state index in [-0.39, 0.29) is 21.4 Å². The van der Waals surface area contributed by atoms with E-state index >= 15 is 0 Å². The van der Waals surface area contributed by atoms with Crippen molar-refractivity contribution in [3.8, 4) is 22.1 Å². The average Bonchev–Trinajstić information content (AvgIpc) is 3.25. The lowest BCUT2D eigenvalue weighted by Gasteiger charge is -2.14. The number of aryl methyl sites for hydroxylation is 1. The van der Waals surface area contributed by atoms with Crippen LogP contribution in [-0.2, 0) is 10.0 Å². The molecule has 10 heteroatoms. The van der Waals surface area contributed by atoms with Crippen LogP contribution >= 0.6 is 22.9 Å². The van der Waals surface area contributed by atoms with Crippen LogP contribution in [0.15, 0.2) is 39.9 Å². The van der Waals surface area contributed by atoms with Crippen molar-refractivity contribution in [1.82, 2.24) is 5.16 Å². The third-order valence-corrected chi connectivity index (χ3v) is 6.53. The van der Waals surface area contributed by atoms with Crippen molar-refractivity contribution in [3.63, 3.8) is 0 Å². The largest absolute Gasteiger partial charge is 0.497 e. The van der Waals surface area contributed by atoms with Crippen LogP contribution in [-0.4, -0.2) is 27.8 Å². The van der Waals surface area contributed by atoms with E-state index in [0.29, 0.717) is 21.3 Å². The molecule has 0 aliphatic rings. The highest BCUT2D eigenvalue weighted by molar-refractivity contribution is 7.93. The lowest BCUT2D eigenvalue weighted by molar-refractivity contribution is 0.395. The van der Waals surface area contributed by atoms with Gasteiger partial charge in [0.15, 0.2) is 5.76 Å². The zero-order valence-electron chi connectivity index (χ0n) is 14.1. The Balaban J connectivity index is 2.00. The summed E-state index contributed by atoms with van der Waals surface area (Å²) in [5.74, 6) is 1.20. The first-order valence-electron chi connectivity index (χ1n) is 7.31. The van der Waals surface area contributed by atoms with E-state index in [2.05, 4.69) is 9.88 Å². The summed E-state index contributed by atoms with van der Waals surface area (Å²) in [5.41, 5.74) is 0.141. The Hall–Kier alpha value is -2.23. The Morgan fingerprint density at radius 3 is 2.62 bits per heavy atom. The van der Waals surface area contributed by atoms with Crippen LogP contribution in [0.25, 0.3) is 10.6 Å². The fraction of sp³-hybridized carbons (Fsp3) is 0.188. The smallest absolute Gasteiger partial charge is 0.263 e. The number of nitrogens with one attached hydrogen (secondary N) is 1. The molecule has 7 nitrogen and oxygen atoms in total. The monoisotopic (exact) mass is 414 g/mol. The quantitative estimate of drug-likeness (QED) is 0.650. The lowest BCUT2D eigenvalue weighted by atomic mass is 10.3. The van der Waals surface area contributed by atoms with Gasteiger partial charge in [-0.25, -0.2) is 8.42 Å². The molecule has 1 aromatic carbocycles. The third-order valence-electron chi connectivity index (χ3n) is 3.56. The molecule has 0 aliphatic carbocycles. The molecular weight excluding hydrogens is 400 g/mol. The summed E-state index contributed by atoms with van der Waals surface area (Å²) in [5, 5.41) is 3.80. The fourth-order valence-corrected chi connectivity index (χ4v) is 5.27. The van der Waals surface area contributed by atoms with Gasteiger partial charge in [0.2, 0.25) is 0 Å². The third kappa shape index (κ3) is 3.50. The Bertz CT molecular complexity index is 1030. The van der Waals surface area contributed by atoms with Crippen molar-refractivity contribution < 1.29 is 22.4 Å². The zero-order chi connectivity index (χ0) is 18.9. The SMILES string of the molecule is COc1cc(Cl)c(NS(=O)(=O)c2cc(-c3ccno3)sc2C)c(OC)c1. The van der Waals surface area contributed by atoms with E-state index in [0.717, 1.165) is 0 Å². The molecule has 26 heavy (non-hydrogen) atoms. The molecule has 0 atom stereocenters. The Kier molecular flexibility index (Phi) is 5.12. The van der Waals surface area contributed by atoms with E-state index in [9.17, 15) is 8.42 Å². The van der Waals surface area contributed by atoms with Gasteiger partial charge < -0.3 is 14.0 Å². The van der Waals surface area contributed by atoms with E-state index in [1.807, 2.05) is 0 Å². The summed E-state index contributed by atoms with van der Waals surface area (Å²) in [7, 11) is -0.998. The lowest BCUT2D eigenvalue weighted by Crippen LogP contribution is -2.14. The molecule has 3 rings (SSSR count). The van der Waals surface area contributed by atoms with Gasteiger partial charge in [-0.3, -0.25) is 4.72 Å². The summed E-state index contributed by atoms with van der Waals surface area (Å²) < 4.78 is 43.7. The molecule has 0 radical (unpaired) electrons. The van der Waals surface area contributed by atoms with Crippen molar-refractivity contribution in [2.45, 2.75) is 11.8 Å². The van der Waals surface area contributed by atoms with Crippen LogP contribution in [0.4, 0.5) is 5.69 Å². The number of anilines is 1. The normalized spacial score (nSPS) is 11.4. The van der Waals surface area contributed by atoms with E-state index in [1.54, 1.807) is 19.1 Å². The summed E-state index contributed by atoms with van der Waals surface area (Å²) in [6.07, 6.45) is 1.50. The van der Waals surface area contributed by atoms with Gasteiger partial charge in [0, 0.05) is 23.1 Å². The maximum atomic E-state index is 12.9. The minimum atomic E-state index is -3.90. The van der Waals surface area contributed by atoms with Gasteiger partial charge in [0.05, 0.1) is 30.3 Å². The minimum Gasteiger partial charge on any atom is -0.497 e. The molecule has 0 bridgehead atoms. The number of nitrogens with zero attached hydrogens (tertiary/aromatic N) is 1. The molecule has 0 saturated carbocycles. The molecule has 138 valence electrons. The molecule has 1 N–H and O–H groups in total. The first-order chi connectivity index (χ1) is 12.4. The number of halogens is 1. The fourth-order valence-electron chi connectivity index (χ4n) is 2.32. The molecule has 0 fully saturated rings. The number of benzene rings is 1. The second kappa shape index (κ2) is 7.18. The number of sulfonamides is 1. The van der Waals surface area contributed by atoms with Gasteiger partial charge in [-0.05, 0) is 13.0 Å². The van der Waals surface area contributed by atoms with Crippen molar-refractivity contribution >= 4 is 38.6 Å². The molecule has 2 heterocycles. The number of hydrogen-bond acceptors (Lipinski definition) is 7. The molecule has 0 unspecified atom stereocenters. The predicted octanol–water partition coefficient (Wildman–Crippen LogP) is 4.18. The van der Waals surface area contributed by atoms with Crippen molar-refractivity contribution in [2.24, 2.45) is 0 Å². The van der Waals surface area contributed by atoms with E-state index in [4.69, 9.17) is 25.6 Å². The number of ether oxygens (including phenoxy) is 2. The molecular formula is C16H15ClN2O5S2. The van der Waals surface area contributed by atoms with Crippen LogP contribution in [0.2, 0.25) is 5.02 Å². The highest BCUT2D eigenvalue weighted by Gasteiger charge is 2.24. The van der Waals surface area contributed by atoms with Crippen molar-refractivity contribution in [3.05, 3.63) is 40.4 Å². The van der Waals surface area contributed by atoms with Crippen LogP contribution < -0.4 is 14.2 Å². The van der Waals surface area contributed by atoms with Crippen molar-refractivity contribution in [2.75, 3.05) is 18.9 Å². The molecule has 0 spiro atoms. The minimum absolute atomic E-state index is 0.128. The molecule has 3 aromatic rings. The number of aromatic nitrogens is 1. The second-order valence-electron chi connectivity index (χ2n) is 5.20. The summed E-state index contributed by atoms with van der Waals surface area (Å²) in [6.45, 7) is 1.71. The van der Waals surface area contributed by atoms with Gasteiger partial charge in [-0.1, -0.05) is 16.8 Å². The predicted molar refractivity (Wildman–Crippen MR) is 99.9 cm³/mol. The Morgan fingerprint density at radius 2 is 2.00 bits per heavy atom. The van der Waals surface area contributed by atoms with Gasteiger partial charge in [0.1, 0.15) is 22.1 Å². The Labute approximate surface area is 159 Å². The maximum absolute atomic E-state index is 12.9. The highest BCUT2D eigenvalue weighted by atomic mass is 35.5. The number of rotatable bonds is 6. The molecule has 0 saturated heterocycles. The van der Waals surface area contributed by atoms with Crippen molar-refractivity contribution in [1.29, 1.82) is 0 Å². The second-order valence-corrected chi connectivity index (χ2v) is 8.51. The average molecular weight is 415 g/mol. The van der Waals surface area contributed by atoms with Gasteiger partial charge >= 0.3 is 0 Å². The molecule has 0 aliphatic heterocycles. The van der Waals surface area contributed by atoms with Crippen LogP contribution in [0.1, 0.15) is 4.88 Å². The van der Waals surface area contributed by atoms with Gasteiger partial charge in [-0.2, -0.15) is 0 Å². The summed E-state index contributed by atoms with van der Waals surface area (Å²) >= 11 is 7.50. The number of methoxy groups -OCH3 is 2. The van der Waals surface area contributed by atoms with Gasteiger partial charge in [0.25, 0.3) is 10.0 Å². The highest BCUT2D eigenvalue weighted by Crippen LogP contribution is 2.40. The topological polar surface area (TPSA) is 90.7 Å². The zero-order valence-corrected chi connectivity index (χ0v) is 16.5. The number of thiophene rings is 1. The number of hydrogen-bond donors (Lipinski definition) is 1. The van der Waals surface area contributed by atoms with Crippen LogP contribution in [0, 0.1) is 6.92 Å². The van der Waals surface area contributed by atoms with Crippen LogP contribution in [0.3, 0.4) is 0 Å². The van der Waals surface area contributed by atoms with E-state index < -0.39 is 10.0 Å². The Morgan fingerprint density at radius 1 is 1.23 bits per heavy atom. The molecule has 2 aromatic heterocycles. The summed E-state index contributed by atoms with van der Waals surface area (Å²) in [6, 6.07) is 6.25. The first kappa shape index (κ1) is 18.6. The molecule has 0 amide bonds. The summed E-state index contributed by atoms with van der Waals surface area (Å²) in [4.78, 5) is 1.39. The first-order valence-corrected chi connectivity index (χ1v) is 9.99. The standard InChI is InChI=1S/C16H15ClN2O5S2/c1-9-15(8-14(25-9)12-4-5-18-24-12)26(20,21)19-16-11(17)6-10(22-2)7-13(16)23-3/h4-8,19H,1-3H3. The van der Waals surface area contributed by atoms with E-state index in [1.165, 1.54) is 43.9 Å². The van der Waals surface area contributed by atoms with Crippen LogP contribution in [0.5, 0.6) is 11.5 Å².